The Kier molecular flexibility index (Phi) is 5.26. The van der Waals surface area contributed by atoms with Crippen LogP contribution in [0.15, 0.2) is 18.2 Å². The van der Waals surface area contributed by atoms with E-state index in [0.29, 0.717) is 23.1 Å². The highest BCUT2D eigenvalue weighted by Gasteiger charge is 2.26. The number of likely N-dealkylation sites (tertiary alicyclic amines) is 1. The lowest BCUT2D eigenvalue weighted by Gasteiger charge is -2.17. The molecule has 110 valence electrons. The van der Waals surface area contributed by atoms with Crippen molar-refractivity contribution in [1.29, 1.82) is 0 Å². The zero-order chi connectivity index (χ0) is 14.5. The molecule has 1 saturated heterocycles. The molecule has 1 aromatic carbocycles. The van der Waals surface area contributed by atoms with E-state index >= 15 is 0 Å². The summed E-state index contributed by atoms with van der Waals surface area (Å²) in [5, 5.41) is 9.56. The van der Waals surface area contributed by atoms with Gasteiger partial charge in [0.2, 0.25) is 5.91 Å². The molecule has 1 aliphatic heterocycles. The highest BCUT2D eigenvalue weighted by atomic mass is 35.5. The van der Waals surface area contributed by atoms with E-state index in [9.17, 15) is 4.79 Å². The SMILES string of the molecule is COc1ccc(Cl)cc1CC(=O)N1CCC(CCO)C1. The van der Waals surface area contributed by atoms with E-state index in [1.807, 2.05) is 4.90 Å². The van der Waals surface area contributed by atoms with Crippen LogP contribution in [0, 0.1) is 5.92 Å². The molecule has 1 amide bonds. The summed E-state index contributed by atoms with van der Waals surface area (Å²) in [6.45, 7) is 1.70. The number of methoxy groups -OCH3 is 1. The molecule has 20 heavy (non-hydrogen) atoms. The van der Waals surface area contributed by atoms with Crippen molar-refractivity contribution >= 4 is 17.5 Å². The molecule has 4 nitrogen and oxygen atoms in total. The van der Waals surface area contributed by atoms with Gasteiger partial charge in [0, 0.05) is 30.3 Å². The minimum absolute atomic E-state index is 0.0889. The Morgan fingerprint density at radius 3 is 3.05 bits per heavy atom. The lowest BCUT2D eigenvalue weighted by molar-refractivity contribution is -0.129. The Bertz CT molecular complexity index is 478. The van der Waals surface area contributed by atoms with Gasteiger partial charge in [0.1, 0.15) is 5.75 Å². The molecule has 0 saturated carbocycles. The van der Waals surface area contributed by atoms with E-state index < -0.39 is 0 Å². The summed E-state index contributed by atoms with van der Waals surface area (Å²) in [5.41, 5.74) is 0.815. The average molecular weight is 298 g/mol. The maximum Gasteiger partial charge on any atom is 0.227 e. The number of halogens is 1. The summed E-state index contributed by atoms with van der Waals surface area (Å²) in [7, 11) is 1.59. The molecule has 0 spiro atoms. The van der Waals surface area contributed by atoms with Gasteiger partial charge in [-0.25, -0.2) is 0 Å². The van der Waals surface area contributed by atoms with Crippen molar-refractivity contribution < 1.29 is 14.6 Å². The normalized spacial score (nSPS) is 18.4. The van der Waals surface area contributed by atoms with Crippen molar-refractivity contribution in [3.05, 3.63) is 28.8 Å². The summed E-state index contributed by atoms with van der Waals surface area (Å²) >= 11 is 5.97. The van der Waals surface area contributed by atoms with Gasteiger partial charge in [0.15, 0.2) is 0 Å². The first-order valence-electron chi connectivity index (χ1n) is 6.85. The van der Waals surface area contributed by atoms with Crippen LogP contribution in [0.5, 0.6) is 5.75 Å². The molecule has 0 radical (unpaired) electrons. The maximum atomic E-state index is 12.3. The summed E-state index contributed by atoms with van der Waals surface area (Å²) in [5.74, 6) is 1.20. The lowest BCUT2D eigenvalue weighted by Crippen LogP contribution is -2.30. The number of carbonyl (C=O) groups is 1. The Labute approximate surface area is 124 Å². The molecule has 5 heteroatoms. The van der Waals surface area contributed by atoms with Gasteiger partial charge in [-0.15, -0.1) is 0 Å². The van der Waals surface area contributed by atoms with E-state index in [4.69, 9.17) is 21.4 Å². The molecule has 0 aromatic heterocycles. The number of rotatable bonds is 5. The number of hydrogen-bond donors (Lipinski definition) is 1. The van der Waals surface area contributed by atoms with Gasteiger partial charge in [-0.1, -0.05) is 11.6 Å². The van der Waals surface area contributed by atoms with Gasteiger partial charge >= 0.3 is 0 Å². The number of aliphatic hydroxyl groups excluding tert-OH is 1. The molecule has 1 fully saturated rings. The monoisotopic (exact) mass is 297 g/mol. The van der Waals surface area contributed by atoms with Crippen molar-refractivity contribution in [2.45, 2.75) is 19.3 Å². The number of amides is 1. The molecule has 1 atom stereocenters. The van der Waals surface area contributed by atoms with Crippen LogP contribution in [-0.4, -0.2) is 42.7 Å². The van der Waals surface area contributed by atoms with Crippen LogP contribution in [0.1, 0.15) is 18.4 Å². The second-order valence-electron chi connectivity index (χ2n) is 5.14. The van der Waals surface area contributed by atoms with Crippen molar-refractivity contribution in [1.82, 2.24) is 4.90 Å². The number of benzene rings is 1. The standard InChI is InChI=1S/C15H20ClNO3/c1-20-14-3-2-13(16)8-12(14)9-15(19)17-6-4-11(10-17)5-7-18/h2-3,8,11,18H,4-7,9-10H2,1H3. The van der Waals surface area contributed by atoms with Gasteiger partial charge in [0.25, 0.3) is 0 Å². The zero-order valence-corrected chi connectivity index (χ0v) is 12.4. The van der Waals surface area contributed by atoms with Gasteiger partial charge in [-0.3, -0.25) is 4.79 Å². The molecule has 0 aliphatic carbocycles. The summed E-state index contributed by atoms with van der Waals surface area (Å²) in [4.78, 5) is 14.2. The lowest BCUT2D eigenvalue weighted by atomic mass is 10.1. The van der Waals surface area contributed by atoms with Crippen LogP contribution in [0.25, 0.3) is 0 Å². The number of carbonyl (C=O) groups excluding carboxylic acids is 1. The maximum absolute atomic E-state index is 12.3. The predicted molar refractivity (Wildman–Crippen MR) is 78.1 cm³/mol. The molecular weight excluding hydrogens is 278 g/mol. The Morgan fingerprint density at radius 1 is 1.55 bits per heavy atom. The minimum atomic E-state index is 0.0889. The first kappa shape index (κ1) is 15.1. The van der Waals surface area contributed by atoms with Crippen LogP contribution in [0.3, 0.4) is 0 Å². The summed E-state index contributed by atoms with van der Waals surface area (Å²) in [6.07, 6.45) is 2.04. The average Bonchev–Trinajstić information content (AvgIpc) is 2.88. The number of ether oxygens (including phenoxy) is 1. The summed E-state index contributed by atoms with van der Waals surface area (Å²) in [6, 6.07) is 5.31. The second kappa shape index (κ2) is 6.95. The van der Waals surface area contributed by atoms with E-state index in [2.05, 4.69) is 0 Å². The topological polar surface area (TPSA) is 49.8 Å². The van der Waals surface area contributed by atoms with Crippen LogP contribution >= 0.6 is 11.6 Å². The van der Waals surface area contributed by atoms with Crippen molar-refractivity contribution in [2.75, 3.05) is 26.8 Å². The predicted octanol–water partition coefficient (Wildman–Crippen LogP) is 2.12. The van der Waals surface area contributed by atoms with Gasteiger partial charge in [-0.05, 0) is 37.0 Å². The largest absolute Gasteiger partial charge is 0.496 e. The Hall–Kier alpha value is -1.26. The first-order chi connectivity index (χ1) is 9.63. The molecule has 1 heterocycles. The van der Waals surface area contributed by atoms with Gasteiger partial charge in [-0.2, -0.15) is 0 Å². The fraction of sp³-hybridized carbons (Fsp3) is 0.533. The third-order valence-corrected chi connectivity index (χ3v) is 4.00. The van der Waals surface area contributed by atoms with Crippen LogP contribution < -0.4 is 4.74 Å². The van der Waals surface area contributed by atoms with E-state index in [1.54, 1.807) is 25.3 Å². The number of hydrogen-bond acceptors (Lipinski definition) is 3. The molecule has 1 N–H and O–H groups in total. The van der Waals surface area contributed by atoms with Gasteiger partial charge in [0.05, 0.1) is 13.5 Å². The van der Waals surface area contributed by atoms with E-state index in [0.717, 1.165) is 31.5 Å². The molecule has 1 aliphatic rings. The highest BCUT2D eigenvalue weighted by Crippen LogP contribution is 2.25. The third kappa shape index (κ3) is 3.64. The minimum Gasteiger partial charge on any atom is -0.496 e. The van der Waals surface area contributed by atoms with Crippen LogP contribution in [0.4, 0.5) is 0 Å². The van der Waals surface area contributed by atoms with Crippen molar-refractivity contribution in [3.8, 4) is 5.75 Å². The van der Waals surface area contributed by atoms with Gasteiger partial charge < -0.3 is 14.7 Å². The highest BCUT2D eigenvalue weighted by molar-refractivity contribution is 6.30. The molecule has 1 unspecified atom stereocenters. The fourth-order valence-electron chi connectivity index (χ4n) is 2.64. The number of nitrogens with zero attached hydrogens (tertiary/aromatic N) is 1. The van der Waals surface area contributed by atoms with Crippen LogP contribution in [0.2, 0.25) is 5.02 Å². The third-order valence-electron chi connectivity index (χ3n) is 3.76. The zero-order valence-electron chi connectivity index (χ0n) is 11.6. The van der Waals surface area contributed by atoms with Crippen molar-refractivity contribution in [2.24, 2.45) is 5.92 Å². The fourth-order valence-corrected chi connectivity index (χ4v) is 2.83. The molecule has 1 aromatic rings. The number of aliphatic hydroxyl groups is 1. The Morgan fingerprint density at radius 2 is 2.35 bits per heavy atom. The first-order valence-corrected chi connectivity index (χ1v) is 7.23. The summed E-state index contributed by atoms with van der Waals surface area (Å²) < 4.78 is 5.26. The quantitative estimate of drug-likeness (QED) is 0.906. The smallest absolute Gasteiger partial charge is 0.227 e. The molecule has 0 bridgehead atoms. The van der Waals surface area contributed by atoms with E-state index in [-0.39, 0.29) is 12.5 Å². The second-order valence-corrected chi connectivity index (χ2v) is 5.58. The van der Waals surface area contributed by atoms with Crippen LogP contribution in [-0.2, 0) is 11.2 Å². The molecular formula is C15H20ClNO3. The van der Waals surface area contributed by atoms with Crippen molar-refractivity contribution in [3.63, 3.8) is 0 Å². The molecule has 2 rings (SSSR count). The van der Waals surface area contributed by atoms with E-state index in [1.165, 1.54) is 0 Å². The Balaban J connectivity index is 2.00.